The van der Waals surface area contributed by atoms with Crippen molar-refractivity contribution in [3.05, 3.63) is 11.2 Å². The number of likely N-dealkylation sites (N-methyl/N-ethyl adjacent to an activating group) is 1. The SMILES string of the molecule is CCN1CCn2c(nnc2-c2csc(N3CCOCC3)n2)C1=O. The van der Waals surface area contributed by atoms with E-state index in [1.165, 1.54) is 0 Å². The molecule has 2 aliphatic heterocycles. The van der Waals surface area contributed by atoms with E-state index in [9.17, 15) is 4.79 Å². The summed E-state index contributed by atoms with van der Waals surface area (Å²) < 4.78 is 7.26. The molecule has 0 bridgehead atoms. The minimum absolute atomic E-state index is 0.0545. The van der Waals surface area contributed by atoms with Crippen molar-refractivity contribution in [2.45, 2.75) is 13.5 Å². The monoisotopic (exact) mass is 334 g/mol. The lowest BCUT2D eigenvalue weighted by Gasteiger charge is -2.26. The number of aromatic nitrogens is 4. The summed E-state index contributed by atoms with van der Waals surface area (Å²) in [4.78, 5) is 21.0. The topological polar surface area (TPSA) is 76.4 Å². The van der Waals surface area contributed by atoms with E-state index < -0.39 is 0 Å². The molecule has 4 heterocycles. The molecule has 0 unspecified atom stereocenters. The summed E-state index contributed by atoms with van der Waals surface area (Å²) in [6.07, 6.45) is 0. The number of hydrogen-bond acceptors (Lipinski definition) is 7. The Labute approximate surface area is 137 Å². The van der Waals surface area contributed by atoms with Gasteiger partial charge in [-0.3, -0.25) is 9.36 Å². The third-order valence-corrected chi connectivity index (χ3v) is 5.11. The average Bonchev–Trinajstić information content (AvgIpc) is 3.23. The minimum atomic E-state index is -0.0545. The number of morpholine rings is 1. The van der Waals surface area contributed by atoms with Crippen LogP contribution in [0.3, 0.4) is 0 Å². The Morgan fingerprint density at radius 1 is 1.17 bits per heavy atom. The number of fused-ring (bicyclic) bond motifs is 1. The van der Waals surface area contributed by atoms with Gasteiger partial charge < -0.3 is 14.5 Å². The first kappa shape index (κ1) is 14.6. The molecule has 0 atom stereocenters. The molecule has 122 valence electrons. The first-order valence-electron chi connectivity index (χ1n) is 7.79. The number of thiazole rings is 1. The van der Waals surface area contributed by atoms with Gasteiger partial charge in [0, 0.05) is 38.1 Å². The van der Waals surface area contributed by atoms with E-state index >= 15 is 0 Å². The molecule has 2 aliphatic rings. The Morgan fingerprint density at radius 3 is 2.74 bits per heavy atom. The maximum absolute atomic E-state index is 12.3. The second-order valence-electron chi connectivity index (χ2n) is 5.50. The van der Waals surface area contributed by atoms with E-state index in [2.05, 4.69) is 20.1 Å². The van der Waals surface area contributed by atoms with E-state index in [1.54, 1.807) is 16.2 Å². The molecule has 4 rings (SSSR count). The molecule has 0 aliphatic carbocycles. The fourth-order valence-electron chi connectivity index (χ4n) is 2.89. The quantitative estimate of drug-likeness (QED) is 0.823. The summed E-state index contributed by atoms with van der Waals surface area (Å²) in [6, 6.07) is 0. The predicted molar refractivity (Wildman–Crippen MR) is 85.7 cm³/mol. The summed E-state index contributed by atoms with van der Waals surface area (Å²) in [5.41, 5.74) is 0.785. The van der Waals surface area contributed by atoms with Crippen LogP contribution in [0.15, 0.2) is 5.38 Å². The first-order chi connectivity index (χ1) is 11.3. The normalized spacial score (nSPS) is 18.4. The number of ether oxygens (including phenoxy) is 1. The zero-order chi connectivity index (χ0) is 15.8. The van der Waals surface area contributed by atoms with Crippen LogP contribution >= 0.6 is 11.3 Å². The highest BCUT2D eigenvalue weighted by molar-refractivity contribution is 7.14. The smallest absolute Gasteiger partial charge is 0.291 e. The molecule has 23 heavy (non-hydrogen) atoms. The highest BCUT2D eigenvalue weighted by Gasteiger charge is 2.29. The second kappa shape index (κ2) is 5.89. The van der Waals surface area contributed by atoms with Gasteiger partial charge in [0.1, 0.15) is 5.69 Å². The van der Waals surface area contributed by atoms with Gasteiger partial charge in [-0.15, -0.1) is 21.5 Å². The minimum Gasteiger partial charge on any atom is -0.378 e. The summed E-state index contributed by atoms with van der Waals surface area (Å²) in [5.74, 6) is 1.04. The summed E-state index contributed by atoms with van der Waals surface area (Å²) in [7, 11) is 0. The second-order valence-corrected chi connectivity index (χ2v) is 6.33. The molecule has 0 radical (unpaired) electrons. The zero-order valence-corrected chi connectivity index (χ0v) is 13.8. The van der Waals surface area contributed by atoms with Crippen molar-refractivity contribution >= 4 is 22.4 Å². The van der Waals surface area contributed by atoms with Crippen molar-refractivity contribution in [1.82, 2.24) is 24.6 Å². The van der Waals surface area contributed by atoms with E-state index in [1.807, 2.05) is 16.9 Å². The van der Waals surface area contributed by atoms with Crippen molar-refractivity contribution in [3.8, 4) is 11.5 Å². The lowest BCUT2D eigenvalue weighted by Crippen LogP contribution is -2.40. The number of anilines is 1. The van der Waals surface area contributed by atoms with E-state index in [0.29, 0.717) is 31.3 Å². The molecule has 2 aromatic rings. The van der Waals surface area contributed by atoms with Crippen LogP contribution in [0.1, 0.15) is 17.5 Å². The molecule has 2 aromatic heterocycles. The Kier molecular flexibility index (Phi) is 3.74. The molecule has 9 heteroatoms. The zero-order valence-electron chi connectivity index (χ0n) is 12.9. The van der Waals surface area contributed by atoms with Crippen molar-refractivity contribution in [2.24, 2.45) is 0 Å². The van der Waals surface area contributed by atoms with Gasteiger partial charge in [-0.05, 0) is 6.92 Å². The van der Waals surface area contributed by atoms with Crippen LogP contribution in [0.25, 0.3) is 11.5 Å². The number of hydrogen-bond donors (Lipinski definition) is 0. The Balaban J connectivity index is 1.62. The number of carbonyl (C=O) groups is 1. The third-order valence-electron chi connectivity index (χ3n) is 4.21. The lowest BCUT2D eigenvalue weighted by atomic mass is 10.3. The van der Waals surface area contributed by atoms with Crippen molar-refractivity contribution in [1.29, 1.82) is 0 Å². The molecule has 0 spiro atoms. The van der Waals surface area contributed by atoms with E-state index in [4.69, 9.17) is 4.74 Å². The highest BCUT2D eigenvalue weighted by atomic mass is 32.1. The van der Waals surface area contributed by atoms with Crippen LogP contribution in [-0.4, -0.2) is 69.9 Å². The summed E-state index contributed by atoms with van der Waals surface area (Å²) in [6.45, 7) is 7.24. The molecule has 1 saturated heterocycles. The van der Waals surface area contributed by atoms with Crippen LogP contribution < -0.4 is 4.90 Å². The average molecular weight is 334 g/mol. The molecule has 0 N–H and O–H groups in total. The Morgan fingerprint density at radius 2 is 1.96 bits per heavy atom. The number of nitrogens with zero attached hydrogens (tertiary/aromatic N) is 6. The fourth-order valence-corrected chi connectivity index (χ4v) is 3.75. The fraction of sp³-hybridized carbons (Fsp3) is 0.571. The van der Waals surface area contributed by atoms with Gasteiger partial charge in [0.15, 0.2) is 11.0 Å². The van der Waals surface area contributed by atoms with Crippen molar-refractivity contribution in [2.75, 3.05) is 44.3 Å². The van der Waals surface area contributed by atoms with Gasteiger partial charge in [-0.2, -0.15) is 0 Å². The first-order valence-corrected chi connectivity index (χ1v) is 8.67. The van der Waals surface area contributed by atoms with Gasteiger partial charge in [-0.1, -0.05) is 0 Å². The number of rotatable bonds is 3. The van der Waals surface area contributed by atoms with Gasteiger partial charge >= 0.3 is 0 Å². The molecule has 1 fully saturated rings. The summed E-state index contributed by atoms with van der Waals surface area (Å²) in [5, 5.41) is 11.3. The van der Waals surface area contributed by atoms with Crippen molar-refractivity contribution in [3.63, 3.8) is 0 Å². The van der Waals surface area contributed by atoms with Crippen molar-refractivity contribution < 1.29 is 9.53 Å². The van der Waals surface area contributed by atoms with E-state index in [-0.39, 0.29) is 5.91 Å². The van der Waals surface area contributed by atoms with Gasteiger partial charge in [0.2, 0.25) is 5.82 Å². The predicted octanol–water partition coefficient (Wildman–Crippen LogP) is 0.714. The van der Waals surface area contributed by atoms with Gasteiger partial charge in [0.25, 0.3) is 5.91 Å². The van der Waals surface area contributed by atoms with Crippen LogP contribution in [0.4, 0.5) is 5.13 Å². The van der Waals surface area contributed by atoms with Gasteiger partial charge in [0.05, 0.1) is 13.2 Å². The summed E-state index contributed by atoms with van der Waals surface area (Å²) >= 11 is 1.59. The molecule has 8 nitrogen and oxygen atoms in total. The highest BCUT2D eigenvalue weighted by Crippen LogP contribution is 2.28. The standard InChI is InChI=1S/C14H18N6O2S/c1-2-18-3-4-20-11(16-17-12(20)13(18)21)10-9-23-14(15-10)19-5-7-22-8-6-19/h9H,2-8H2,1H3. The molecule has 1 amide bonds. The van der Waals surface area contributed by atoms with Crippen LogP contribution in [0.5, 0.6) is 0 Å². The Bertz CT molecular complexity index is 721. The van der Waals surface area contributed by atoms with Crippen LogP contribution in [0, 0.1) is 0 Å². The largest absolute Gasteiger partial charge is 0.378 e. The molecular formula is C14H18N6O2S. The molecule has 0 saturated carbocycles. The maximum Gasteiger partial charge on any atom is 0.291 e. The molecule has 0 aromatic carbocycles. The van der Waals surface area contributed by atoms with Gasteiger partial charge in [-0.25, -0.2) is 4.98 Å². The molecular weight excluding hydrogens is 316 g/mol. The van der Waals surface area contributed by atoms with Crippen LogP contribution in [-0.2, 0) is 11.3 Å². The Hall–Kier alpha value is -2.00. The number of amides is 1. The maximum atomic E-state index is 12.3. The number of carbonyl (C=O) groups excluding carboxylic acids is 1. The van der Waals surface area contributed by atoms with E-state index in [0.717, 1.165) is 37.1 Å². The lowest BCUT2D eigenvalue weighted by molar-refractivity contribution is 0.0707. The van der Waals surface area contributed by atoms with Crippen LogP contribution in [0.2, 0.25) is 0 Å². The third kappa shape index (κ3) is 2.49.